The minimum atomic E-state index is 0.479. The molecule has 2 aromatic heterocycles. The van der Waals surface area contributed by atoms with E-state index in [9.17, 15) is 0 Å². The van der Waals surface area contributed by atoms with Crippen molar-refractivity contribution in [2.45, 2.75) is 25.4 Å². The summed E-state index contributed by atoms with van der Waals surface area (Å²) >= 11 is 9.52. The second kappa shape index (κ2) is 8.63. The van der Waals surface area contributed by atoms with Gasteiger partial charge in [-0.05, 0) is 49.5 Å². The Kier molecular flexibility index (Phi) is 6.02. The standard InChI is InChI=1S/C20H22ClN3S2/c21-16-7-5-15(6-8-16)20-23-17(14-26-20)12-22-13-18(19-4-3-11-25-19)24-9-1-2-10-24/h3-8,11,14,18,22H,1-2,9-10,12-13H2. The predicted octanol–water partition coefficient (Wildman–Crippen LogP) is 5.45. The molecular weight excluding hydrogens is 382 g/mol. The van der Waals surface area contributed by atoms with Crippen LogP contribution in [-0.2, 0) is 6.54 Å². The summed E-state index contributed by atoms with van der Waals surface area (Å²) in [5.74, 6) is 0. The van der Waals surface area contributed by atoms with Crippen LogP contribution in [0.15, 0.2) is 47.2 Å². The van der Waals surface area contributed by atoms with E-state index in [0.29, 0.717) is 6.04 Å². The Morgan fingerprint density at radius 1 is 1.12 bits per heavy atom. The van der Waals surface area contributed by atoms with Crippen LogP contribution >= 0.6 is 34.3 Å². The molecule has 0 radical (unpaired) electrons. The summed E-state index contributed by atoms with van der Waals surface area (Å²) in [5, 5.41) is 9.76. The third-order valence-corrected chi connectivity index (χ3v) is 6.91. The zero-order valence-electron chi connectivity index (χ0n) is 14.5. The molecule has 0 amide bonds. The molecular formula is C20H22ClN3S2. The van der Waals surface area contributed by atoms with Crippen molar-refractivity contribution in [2.24, 2.45) is 0 Å². The number of hydrogen-bond donors (Lipinski definition) is 1. The van der Waals surface area contributed by atoms with Crippen LogP contribution in [0.1, 0.15) is 29.5 Å². The van der Waals surface area contributed by atoms with Gasteiger partial charge >= 0.3 is 0 Å². The second-order valence-corrected chi connectivity index (χ2v) is 8.83. The van der Waals surface area contributed by atoms with Gasteiger partial charge in [0.05, 0.1) is 11.7 Å². The van der Waals surface area contributed by atoms with Gasteiger partial charge in [-0.2, -0.15) is 0 Å². The number of halogens is 1. The summed E-state index contributed by atoms with van der Waals surface area (Å²) in [5.41, 5.74) is 2.23. The number of aromatic nitrogens is 1. The molecule has 3 aromatic rings. The van der Waals surface area contributed by atoms with Crippen LogP contribution in [0.3, 0.4) is 0 Å². The maximum Gasteiger partial charge on any atom is 0.123 e. The number of thiophene rings is 1. The van der Waals surface area contributed by atoms with Crippen molar-refractivity contribution in [3.05, 3.63) is 62.8 Å². The lowest BCUT2D eigenvalue weighted by Gasteiger charge is -2.26. The lowest BCUT2D eigenvalue weighted by Crippen LogP contribution is -2.33. The average molecular weight is 404 g/mol. The molecule has 0 saturated carbocycles. The van der Waals surface area contributed by atoms with E-state index >= 15 is 0 Å². The number of hydrogen-bond acceptors (Lipinski definition) is 5. The van der Waals surface area contributed by atoms with Gasteiger partial charge in [0.15, 0.2) is 0 Å². The van der Waals surface area contributed by atoms with E-state index in [-0.39, 0.29) is 0 Å². The van der Waals surface area contributed by atoms with Gasteiger partial charge in [-0.1, -0.05) is 29.8 Å². The maximum atomic E-state index is 5.97. The first-order valence-electron chi connectivity index (χ1n) is 8.98. The minimum Gasteiger partial charge on any atom is -0.309 e. The highest BCUT2D eigenvalue weighted by molar-refractivity contribution is 7.13. The normalized spacial score (nSPS) is 16.2. The van der Waals surface area contributed by atoms with Crippen molar-refractivity contribution >= 4 is 34.3 Å². The summed E-state index contributed by atoms with van der Waals surface area (Å²) in [7, 11) is 0. The molecule has 1 N–H and O–H groups in total. The molecule has 1 aromatic carbocycles. The highest BCUT2D eigenvalue weighted by Crippen LogP contribution is 2.28. The Balaban J connectivity index is 1.37. The van der Waals surface area contributed by atoms with E-state index in [1.807, 2.05) is 35.6 Å². The lowest BCUT2D eigenvalue weighted by molar-refractivity contribution is 0.241. The van der Waals surface area contributed by atoms with Crippen LogP contribution in [0, 0.1) is 0 Å². The van der Waals surface area contributed by atoms with Crippen LogP contribution in [0.25, 0.3) is 10.6 Å². The molecule has 0 spiro atoms. The van der Waals surface area contributed by atoms with E-state index < -0.39 is 0 Å². The highest BCUT2D eigenvalue weighted by atomic mass is 35.5. The van der Waals surface area contributed by atoms with Gasteiger partial charge in [-0.3, -0.25) is 4.90 Å². The fourth-order valence-electron chi connectivity index (χ4n) is 3.39. The molecule has 1 saturated heterocycles. The minimum absolute atomic E-state index is 0.479. The van der Waals surface area contributed by atoms with Crippen LogP contribution in [0.2, 0.25) is 5.02 Å². The van der Waals surface area contributed by atoms with Crippen molar-refractivity contribution in [1.29, 1.82) is 0 Å². The number of nitrogens with one attached hydrogen (secondary N) is 1. The number of benzene rings is 1. The fraction of sp³-hybridized carbons (Fsp3) is 0.350. The number of rotatable bonds is 7. The summed E-state index contributed by atoms with van der Waals surface area (Å²) in [6.45, 7) is 4.19. The lowest BCUT2D eigenvalue weighted by atomic mass is 10.2. The molecule has 1 fully saturated rings. The first-order chi connectivity index (χ1) is 12.8. The van der Waals surface area contributed by atoms with Crippen LogP contribution in [0.5, 0.6) is 0 Å². The van der Waals surface area contributed by atoms with Gasteiger partial charge in [-0.15, -0.1) is 22.7 Å². The van der Waals surface area contributed by atoms with Crippen molar-refractivity contribution in [3.8, 4) is 10.6 Å². The van der Waals surface area contributed by atoms with E-state index in [4.69, 9.17) is 16.6 Å². The largest absolute Gasteiger partial charge is 0.309 e. The summed E-state index contributed by atoms with van der Waals surface area (Å²) in [4.78, 5) is 8.84. The molecule has 4 rings (SSSR count). The smallest absolute Gasteiger partial charge is 0.123 e. The monoisotopic (exact) mass is 403 g/mol. The molecule has 3 heterocycles. The maximum absolute atomic E-state index is 5.97. The van der Waals surface area contributed by atoms with Crippen molar-refractivity contribution in [2.75, 3.05) is 19.6 Å². The SMILES string of the molecule is Clc1ccc(-c2nc(CNCC(c3cccs3)N3CCCC3)cs2)cc1. The molecule has 1 atom stereocenters. The fourth-order valence-corrected chi connectivity index (χ4v) is 5.21. The Hall–Kier alpha value is -1.24. The van der Waals surface area contributed by atoms with Gasteiger partial charge in [-0.25, -0.2) is 4.98 Å². The summed E-state index contributed by atoms with van der Waals surface area (Å²) < 4.78 is 0. The third kappa shape index (κ3) is 4.35. The van der Waals surface area contributed by atoms with Crippen LogP contribution < -0.4 is 5.32 Å². The van der Waals surface area contributed by atoms with E-state index in [0.717, 1.165) is 34.4 Å². The number of nitrogens with zero attached hydrogens (tertiary/aromatic N) is 2. The Morgan fingerprint density at radius 2 is 1.92 bits per heavy atom. The summed E-state index contributed by atoms with van der Waals surface area (Å²) in [6.07, 6.45) is 2.64. The van der Waals surface area contributed by atoms with E-state index in [1.54, 1.807) is 11.3 Å². The Labute approximate surface area is 167 Å². The van der Waals surface area contributed by atoms with Gasteiger partial charge < -0.3 is 5.32 Å². The second-order valence-electron chi connectivity index (χ2n) is 6.56. The zero-order chi connectivity index (χ0) is 17.8. The summed E-state index contributed by atoms with van der Waals surface area (Å²) in [6, 6.07) is 12.8. The highest BCUT2D eigenvalue weighted by Gasteiger charge is 2.23. The van der Waals surface area contributed by atoms with Gasteiger partial charge in [0.2, 0.25) is 0 Å². The van der Waals surface area contributed by atoms with Gasteiger partial charge in [0.1, 0.15) is 5.01 Å². The predicted molar refractivity (Wildman–Crippen MR) is 112 cm³/mol. The average Bonchev–Trinajstić information content (AvgIpc) is 3.41. The van der Waals surface area contributed by atoms with Crippen LogP contribution in [-0.4, -0.2) is 29.5 Å². The Bertz CT molecular complexity index is 808. The van der Waals surface area contributed by atoms with E-state index in [2.05, 4.69) is 33.1 Å². The topological polar surface area (TPSA) is 28.2 Å². The molecule has 6 heteroatoms. The molecule has 1 unspecified atom stereocenters. The third-order valence-electron chi connectivity index (χ3n) is 4.74. The van der Waals surface area contributed by atoms with Crippen molar-refractivity contribution < 1.29 is 0 Å². The quantitative estimate of drug-likeness (QED) is 0.568. The van der Waals surface area contributed by atoms with Crippen LogP contribution in [0.4, 0.5) is 0 Å². The first-order valence-corrected chi connectivity index (χ1v) is 11.1. The van der Waals surface area contributed by atoms with Crippen molar-refractivity contribution in [1.82, 2.24) is 15.2 Å². The first kappa shape index (κ1) is 18.1. The molecule has 0 aliphatic carbocycles. The zero-order valence-corrected chi connectivity index (χ0v) is 16.9. The van der Waals surface area contributed by atoms with Crippen molar-refractivity contribution in [3.63, 3.8) is 0 Å². The Morgan fingerprint density at radius 3 is 2.65 bits per heavy atom. The molecule has 26 heavy (non-hydrogen) atoms. The van der Waals surface area contributed by atoms with Gasteiger partial charge in [0.25, 0.3) is 0 Å². The van der Waals surface area contributed by atoms with Gasteiger partial charge in [0, 0.05) is 33.9 Å². The molecule has 136 valence electrons. The van der Waals surface area contributed by atoms with E-state index in [1.165, 1.54) is 30.8 Å². The molecule has 1 aliphatic rings. The number of likely N-dealkylation sites (tertiary alicyclic amines) is 1. The molecule has 0 bridgehead atoms. The number of thiazole rings is 1. The molecule has 1 aliphatic heterocycles. The molecule has 3 nitrogen and oxygen atoms in total.